The van der Waals surface area contributed by atoms with Gasteiger partial charge in [-0.25, -0.2) is 0 Å². The van der Waals surface area contributed by atoms with Crippen molar-refractivity contribution >= 4 is 44.4 Å². The Kier molecular flexibility index (Phi) is 8.35. The van der Waals surface area contributed by atoms with Crippen LogP contribution in [-0.2, 0) is 24.4 Å². The molecule has 0 saturated carbocycles. The molecule has 36 heavy (non-hydrogen) atoms. The molecule has 1 aromatic heterocycles. The van der Waals surface area contributed by atoms with E-state index in [4.69, 9.17) is 4.74 Å². The van der Waals surface area contributed by atoms with E-state index in [1.165, 1.54) is 9.38 Å². The summed E-state index contributed by atoms with van der Waals surface area (Å²) < 4.78 is 7.19. The van der Waals surface area contributed by atoms with Crippen LogP contribution in [0.3, 0.4) is 0 Å². The van der Waals surface area contributed by atoms with Crippen molar-refractivity contribution in [3.63, 3.8) is 0 Å². The number of benzene rings is 2. The third kappa shape index (κ3) is 7.16. The zero-order valence-electron chi connectivity index (χ0n) is 20.4. The molecule has 0 aliphatic carbocycles. The Bertz CT molecular complexity index is 1200. The maximum atomic E-state index is 12.0. The molecule has 2 heterocycles. The quantitative estimate of drug-likeness (QED) is 0.233. The van der Waals surface area contributed by atoms with Crippen LogP contribution in [0, 0.1) is 0 Å². The van der Waals surface area contributed by atoms with Gasteiger partial charge in [0.15, 0.2) is 0 Å². The fourth-order valence-electron chi connectivity index (χ4n) is 3.47. The third-order valence-electron chi connectivity index (χ3n) is 5.25. The van der Waals surface area contributed by atoms with Crippen LogP contribution in [0.1, 0.15) is 16.7 Å². The van der Waals surface area contributed by atoms with Crippen LogP contribution >= 0.6 is 0 Å². The summed E-state index contributed by atoms with van der Waals surface area (Å²) in [5, 5.41) is 8.80. The van der Waals surface area contributed by atoms with Gasteiger partial charge in [0.1, 0.15) is 0 Å². The van der Waals surface area contributed by atoms with Crippen LogP contribution < -0.4 is 25.3 Å². The first kappa shape index (κ1) is 25.4. The van der Waals surface area contributed by atoms with Crippen LogP contribution in [0.15, 0.2) is 48.5 Å². The molecule has 0 spiro atoms. The number of amides is 3. The van der Waals surface area contributed by atoms with E-state index < -0.39 is 22.0 Å². The monoisotopic (exact) mass is 552 g/mol. The van der Waals surface area contributed by atoms with Crippen molar-refractivity contribution in [1.82, 2.24) is 29.0 Å². The number of anilines is 2. The molecule has 188 valence electrons. The second-order valence-corrected chi connectivity index (χ2v) is 11.0. The summed E-state index contributed by atoms with van der Waals surface area (Å²) in [6.45, 7) is 1.95. The van der Waals surface area contributed by atoms with Crippen molar-refractivity contribution in [3.05, 3.63) is 65.2 Å². The molecule has 0 radical (unpaired) electrons. The van der Waals surface area contributed by atoms with Crippen molar-refractivity contribution in [3.8, 4) is 5.75 Å². The topological polar surface area (TPSA) is 125 Å². The summed E-state index contributed by atoms with van der Waals surface area (Å²) in [4.78, 5) is 39.3. The van der Waals surface area contributed by atoms with E-state index in [-0.39, 0.29) is 12.5 Å². The summed E-state index contributed by atoms with van der Waals surface area (Å²) in [6.07, 6.45) is 0. The van der Waals surface area contributed by atoms with E-state index in [1.807, 2.05) is 38.4 Å². The number of urea groups is 1. The Hall–Kier alpha value is -3.69. The predicted molar refractivity (Wildman–Crippen MR) is 138 cm³/mol. The Labute approximate surface area is 216 Å². The number of nitrogens with one attached hydrogen (secondary N) is 3. The zero-order chi connectivity index (χ0) is 25.5. The fourth-order valence-corrected chi connectivity index (χ4v) is 5.43. The molecular formula is C24H29AsN8O3. The second-order valence-electron chi connectivity index (χ2n) is 8.47. The van der Waals surface area contributed by atoms with Gasteiger partial charge in [0.2, 0.25) is 0 Å². The van der Waals surface area contributed by atoms with Gasteiger partial charge in [0.05, 0.1) is 0 Å². The van der Waals surface area contributed by atoms with E-state index in [0.717, 1.165) is 23.4 Å². The van der Waals surface area contributed by atoms with Crippen LogP contribution in [0.25, 0.3) is 0 Å². The number of methoxy groups -OCH3 is 1. The molecule has 3 amide bonds. The molecule has 11 nitrogen and oxygen atoms in total. The predicted octanol–water partition coefficient (Wildman–Crippen LogP) is 0.695. The molecule has 1 atom stereocenters. The molecule has 1 unspecified atom stereocenters. The van der Waals surface area contributed by atoms with Crippen LogP contribution in [0.2, 0.25) is 0 Å². The Morgan fingerprint density at radius 2 is 1.47 bits per heavy atom. The van der Waals surface area contributed by atoms with Crippen LogP contribution in [0.5, 0.6) is 5.75 Å². The fraction of sp³-hybridized carbons (Fsp3) is 0.292. The van der Waals surface area contributed by atoms with Gasteiger partial charge >= 0.3 is 217 Å². The number of aromatic nitrogens is 3. The van der Waals surface area contributed by atoms with E-state index >= 15 is 0 Å². The van der Waals surface area contributed by atoms with Crippen molar-refractivity contribution < 1.29 is 14.3 Å². The van der Waals surface area contributed by atoms with Crippen LogP contribution in [0.4, 0.5) is 16.7 Å². The first-order valence-corrected chi connectivity index (χ1v) is 13.3. The molecule has 4 rings (SSSR count). The Balaban J connectivity index is 1.47. The average molecular weight is 552 g/mol. The Morgan fingerprint density at radius 3 is 1.97 bits per heavy atom. The number of ether oxygens (including phenoxy) is 1. The molecular weight excluding hydrogens is 523 g/mol. The van der Waals surface area contributed by atoms with E-state index in [2.05, 4.69) is 60.1 Å². The second kappa shape index (κ2) is 11.8. The minimum atomic E-state index is -1.26. The van der Waals surface area contributed by atoms with Crippen molar-refractivity contribution in [2.24, 2.45) is 0 Å². The van der Waals surface area contributed by atoms with Gasteiger partial charge in [-0.2, -0.15) is 0 Å². The standard InChI is InChI=1S/C24H29AsN8O3/c1-32(2)14-18-6-4-16(5-7-18)12-26-22-29-21(25-33-15-20(34)28-24(33)35)30-23(31-22)27-13-17-8-10-19(36-3)11-9-17/h4-11,25H,12-15H2,1-3H3,(H,28,34,35)(H2,26,27,29,30,31). The van der Waals surface area contributed by atoms with Crippen molar-refractivity contribution in [2.45, 2.75) is 19.6 Å². The molecule has 3 aromatic rings. The summed E-state index contributed by atoms with van der Waals surface area (Å²) in [5.41, 5.74) is 3.36. The first-order valence-electron chi connectivity index (χ1n) is 11.4. The van der Waals surface area contributed by atoms with Gasteiger partial charge in [0, 0.05) is 0 Å². The number of rotatable bonds is 11. The van der Waals surface area contributed by atoms with E-state index in [9.17, 15) is 9.59 Å². The SMILES string of the molecule is COc1ccc(CNc2nc(NCc3ccc(CN(C)C)cc3)nc([AsH]N3CC(=O)NC3=O)n2)cc1. The summed E-state index contributed by atoms with van der Waals surface area (Å²) in [6, 6.07) is 15.7. The minimum absolute atomic E-state index is 0.0290. The van der Waals surface area contributed by atoms with Crippen molar-refractivity contribution in [2.75, 3.05) is 38.4 Å². The molecule has 1 fully saturated rings. The van der Waals surface area contributed by atoms with Gasteiger partial charge in [-0.1, -0.05) is 0 Å². The van der Waals surface area contributed by atoms with Gasteiger partial charge in [-0.3, -0.25) is 0 Å². The van der Waals surface area contributed by atoms with Crippen molar-refractivity contribution in [1.29, 1.82) is 0 Å². The number of carbonyl (C=O) groups excluding carboxylic acids is 2. The maximum absolute atomic E-state index is 12.0. The van der Waals surface area contributed by atoms with Crippen LogP contribution in [-0.4, -0.2) is 79.3 Å². The van der Waals surface area contributed by atoms with Gasteiger partial charge in [0.25, 0.3) is 0 Å². The normalized spacial score (nSPS) is 13.5. The number of imide groups is 1. The number of hydrogen-bond donors (Lipinski definition) is 3. The summed E-state index contributed by atoms with van der Waals surface area (Å²) in [7, 11) is 5.71. The van der Waals surface area contributed by atoms with E-state index in [1.54, 1.807) is 7.11 Å². The number of carbonyl (C=O) groups is 2. The van der Waals surface area contributed by atoms with Gasteiger partial charge in [-0.05, 0) is 0 Å². The molecule has 1 saturated heterocycles. The molecule has 1 aliphatic heterocycles. The number of hydrogen-bond acceptors (Lipinski definition) is 9. The average Bonchev–Trinajstić information content (AvgIpc) is 3.18. The van der Waals surface area contributed by atoms with E-state index in [0.29, 0.717) is 29.6 Å². The van der Waals surface area contributed by atoms with Gasteiger partial charge < -0.3 is 0 Å². The zero-order valence-corrected chi connectivity index (χ0v) is 22.5. The molecule has 12 heteroatoms. The Morgan fingerprint density at radius 1 is 0.917 bits per heavy atom. The number of nitrogens with zero attached hydrogens (tertiary/aromatic N) is 5. The molecule has 0 bridgehead atoms. The molecule has 1 aliphatic rings. The molecule has 3 N–H and O–H groups in total. The summed E-state index contributed by atoms with van der Waals surface area (Å²) >= 11 is -1.26. The molecule has 2 aromatic carbocycles. The van der Waals surface area contributed by atoms with Gasteiger partial charge in [-0.15, -0.1) is 0 Å². The first-order chi connectivity index (χ1) is 17.4. The summed E-state index contributed by atoms with van der Waals surface area (Å²) in [5.74, 6) is 1.27. The third-order valence-corrected chi connectivity index (χ3v) is 7.46.